The molecule has 0 aliphatic carbocycles. The standard InChI is InChI=1S/C18H15ClN2O6/c19-14-5-2-1-4-12(14)11-26-17(22)6-3-9-20-15-8-7-13(21(24)25)10-16(15)27-18(20)23/h1-2,4-5,7-8,10H,3,6,9,11H2. The van der Waals surface area contributed by atoms with Gasteiger partial charge in [-0.15, -0.1) is 0 Å². The summed E-state index contributed by atoms with van der Waals surface area (Å²) >= 11 is 6.00. The van der Waals surface area contributed by atoms with Gasteiger partial charge in [-0.2, -0.15) is 0 Å². The number of carbonyl (C=O) groups is 1. The third kappa shape index (κ3) is 4.35. The van der Waals surface area contributed by atoms with Gasteiger partial charge in [-0.1, -0.05) is 29.8 Å². The van der Waals surface area contributed by atoms with E-state index in [4.69, 9.17) is 20.8 Å². The lowest BCUT2D eigenvalue weighted by atomic mass is 10.2. The molecule has 0 N–H and O–H groups in total. The minimum Gasteiger partial charge on any atom is -0.461 e. The SMILES string of the molecule is O=C(CCCn1c(=O)oc2cc([N+](=O)[O-])ccc21)OCc1ccccc1Cl. The van der Waals surface area contributed by atoms with Gasteiger partial charge in [0, 0.05) is 29.6 Å². The van der Waals surface area contributed by atoms with E-state index in [1.54, 1.807) is 24.3 Å². The first-order valence-electron chi connectivity index (χ1n) is 8.12. The number of nitrogens with zero attached hydrogens (tertiary/aromatic N) is 2. The first-order chi connectivity index (χ1) is 13.0. The minimum atomic E-state index is -0.630. The van der Waals surface area contributed by atoms with Crippen molar-refractivity contribution in [2.45, 2.75) is 26.0 Å². The maximum atomic E-state index is 11.9. The molecule has 0 saturated heterocycles. The molecule has 0 atom stereocenters. The Morgan fingerprint density at radius 2 is 2.04 bits per heavy atom. The highest BCUT2D eigenvalue weighted by Gasteiger charge is 2.14. The third-order valence-corrected chi connectivity index (χ3v) is 4.34. The van der Waals surface area contributed by atoms with E-state index < -0.39 is 16.6 Å². The Morgan fingerprint density at radius 1 is 1.26 bits per heavy atom. The molecule has 0 spiro atoms. The molecule has 0 fully saturated rings. The molecule has 0 bridgehead atoms. The Balaban J connectivity index is 1.58. The number of aryl methyl sites for hydroxylation is 1. The molecule has 0 aliphatic rings. The summed E-state index contributed by atoms with van der Waals surface area (Å²) < 4.78 is 11.6. The first-order valence-corrected chi connectivity index (χ1v) is 8.50. The Kier molecular flexibility index (Phi) is 5.56. The smallest absolute Gasteiger partial charge is 0.419 e. The average Bonchev–Trinajstić information content (AvgIpc) is 2.95. The van der Waals surface area contributed by atoms with Crippen molar-refractivity contribution in [2.75, 3.05) is 0 Å². The van der Waals surface area contributed by atoms with E-state index in [1.807, 2.05) is 0 Å². The van der Waals surface area contributed by atoms with Crippen molar-refractivity contribution in [2.24, 2.45) is 0 Å². The minimum absolute atomic E-state index is 0.0801. The predicted molar refractivity (Wildman–Crippen MR) is 97.6 cm³/mol. The second-order valence-electron chi connectivity index (χ2n) is 5.78. The highest BCUT2D eigenvalue weighted by Crippen LogP contribution is 2.20. The van der Waals surface area contributed by atoms with Crippen molar-refractivity contribution < 1.29 is 18.9 Å². The number of benzene rings is 2. The van der Waals surface area contributed by atoms with Crippen LogP contribution in [0.3, 0.4) is 0 Å². The molecule has 8 nitrogen and oxygen atoms in total. The molecular formula is C18H15ClN2O6. The highest BCUT2D eigenvalue weighted by atomic mass is 35.5. The molecule has 0 amide bonds. The van der Waals surface area contributed by atoms with Crippen LogP contribution in [0.2, 0.25) is 5.02 Å². The molecule has 1 aromatic heterocycles. The Morgan fingerprint density at radius 3 is 2.78 bits per heavy atom. The van der Waals surface area contributed by atoms with Gasteiger partial charge < -0.3 is 9.15 Å². The van der Waals surface area contributed by atoms with E-state index >= 15 is 0 Å². The summed E-state index contributed by atoms with van der Waals surface area (Å²) in [5.74, 6) is -1.04. The van der Waals surface area contributed by atoms with Crippen LogP contribution in [0.1, 0.15) is 18.4 Å². The van der Waals surface area contributed by atoms with Gasteiger partial charge >= 0.3 is 11.7 Å². The van der Waals surface area contributed by atoms with E-state index in [-0.39, 0.29) is 30.8 Å². The summed E-state index contributed by atoms with van der Waals surface area (Å²) in [6.07, 6.45) is 0.462. The van der Waals surface area contributed by atoms with Crippen LogP contribution in [-0.4, -0.2) is 15.5 Å². The van der Waals surface area contributed by atoms with Gasteiger partial charge in [-0.25, -0.2) is 4.79 Å². The molecule has 140 valence electrons. The fourth-order valence-electron chi connectivity index (χ4n) is 2.61. The van der Waals surface area contributed by atoms with Gasteiger partial charge in [0.05, 0.1) is 16.5 Å². The van der Waals surface area contributed by atoms with Crippen LogP contribution in [0, 0.1) is 10.1 Å². The molecule has 1 heterocycles. The van der Waals surface area contributed by atoms with Gasteiger partial charge in [0.2, 0.25) is 0 Å². The molecule has 0 aliphatic heterocycles. The summed E-state index contributed by atoms with van der Waals surface area (Å²) in [5.41, 5.74) is 1.13. The Bertz CT molecular complexity index is 1060. The van der Waals surface area contributed by atoms with Crippen LogP contribution in [0.25, 0.3) is 11.1 Å². The predicted octanol–water partition coefficient (Wildman–Crippen LogP) is 3.68. The van der Waals surface area contributed by atoms with Gasteiger partial charge in [-0.05, 0) is 18.6 Å². The molecular weight excluding hydrogens is 376 g/mol. The largest absolute Gasteiger partial charge is 0.461 e. The normalized spacial score (nSPS) is 10.9. The van der Waals surface area contributed by atoms with Crippen LogP contribution in [0.15, 0.2) is 51.7 Å². The van der Waals surface area contributed by atoms with Crippen molar-refractivity contribution in [1.82, 2.24) is 4.57 Å². The number of oxazole rings is 1. The zero-order chi connectivity index (χ0) is 19.4. The second kappa shape index (κ2) is 8.05. The Labute approximate surface area is 158 Å². The molecule has 3 rings (SSSR count). The zero-order valence-corrected chi connectivity index (χ0v) is 14.8. The molecule has 2 aromatic carbocycles. The number of nitro groups is 1. The first kappa shape index (κ1) is 18.7. The monoisotopic (exact) mass is 390 g/mol. The number of rotatable bonds is 7. The molecule has 9 heteroatoms. The molecule has 0 saturated carbocycles. The van der Waals surface area contributed by atoms with Crippen molar-refractivity contribution in [1.29, 1.82) is 0 Å². The van der Waals surface area contributed by atoms with Crippen molar-refractivity contribution in [3.05, 3.63) is 73.7 Å². The molecule has 3 aromatic rings. The van der Waals surface area contributed by atoms with Crippen molar-refractivity contribution in [3.8, 4) is 0 Å². The third-order valence-electron chi connectivity index (χ3n) is 3.97. The summed E-state index contributed by atoms with van der Waals surface area (Å²) in [7, 11) is 0. The summed E-state index contributed by atoms with van der Waals surface area (Å²) in [6.45, 7) is 0.307. The number of carbonyl (C=O) groups excluding carboxylic acids is 1. The number of ether oxygens (including phenoxy) is 1. The number of hydrogen-bond donors (Lipinski definition) is 0. The second-order valence-corrected chi connectivity index (χ2v) is 6.19. The maximum absolute atomic E-state index is 11.9. The number of hydrogen-bond acceptors (Lipinski definition) is 6. The lowest BCUT2D eigenvalue weighted by Crippen LogP contribution is -2.15. The number of halogens is 1. The van der Waals surface area contributed by atoms with E-state index in [0.717, 1.165) is 0 Å². The van der Waals surface area contributed by atoms with Crippen molar-refractivity contribution >= 4 is 34.4 Å². The Hall–Kier alpha value is -3.13. The van der Waals surface area contributed by atoms with E-state index in [9.17, 15) is 19.7 Å². The van der Waals surface area contributed by atoms with Crippen LogP contribution in [0.4, 0.5) is 5.69 Å². The van der Waals surface area contributed by atoms with Gasteiger partial charge in [0.25, 0.3) is 5.69 Å². The molecule has 0 radical (unpaired) electrons. The lowest BCUT2D eigenvalue weighted by molar-refractivity contribution is -0.384. The lowest BCUT2D eigenvalue weighted by Gasteiger charge is -2.06. The number of aromatic nitrogens is 1. The van der Waals surface area contributed by atoms with Crippen LogP contribution < -0.4 is 5.76 Å². The van der Waals surface area contributed by atoms with Crippen LogP contribution >= 0.6 is 11.6 Å². The quantitative estimate of drug-likeness (QED) is 0.346. The molecule has 27 heavy (non-hydrogen) atoms. The highest BCUT2D eigenvalue weighted by molar-refractivity contribution is 6.31. The number of esters is 1. The van der Waals surface area contributed by atoms with Crippen LogP contribution in [0.5, 0.6) is 0 Å². The summed E-state index contributed by atoms with van der Waals surface area (Å²) in [5, 5.41) is 11.3. The number of nitro benzene ring substituents is 1. The van der Waals surface area contributed by atoms with E-state index in [0.29, 0.717) is 22.5 Å². The van der Waals surface area contributed by atoms with Crippen LogP contribution in [-0.2, 0) is 22.7 Å². The van der Waals surface area contributed by atoms with Crippen molar-refractivity contribution in [3.63, 3.8) is 0 Å². The fraction of sp³-hybridized carbons (Fsp3) is 0.222. The fourth-order valence-corrected chi connectivity index (χ4v) is 2.80. The maximum Gasteiger partial charge on any atom is 0.419 e. The van der Waals surface area contributed by atoms with E-state index in [1.165, 1.54) is 22.8 Å². The van der Waals surface area contributed by atoms with Gasteiger partial charge in [0.1, 0.15) is 6.61 Å². The van der Waals surface area contributed by atoms with Gasteiger partial charge in [-0.3, -0.25) is 19.5 Å². The topological polar surface area (TPSA) is 105 Å². The number of fused-ring (bicyclic) bond motifs is 1. The molecule has 0 unspecified atom stereocenters. The summed E-state index contributed by atoms with van der Waals surface area (Å²) in [6, 6.07) is 11.0. The number of non-ortho nitro benzene ring substituents is 1. The van der Waals surface area contributed by atoms with E-state index in [2.05, 4.69) is 0 Å². The average molecular weight is 391 g/mol. The summed E-state index contributed by atoms with van der Waals surface area (Å²) in [4.78, 5) is 34.0. The zero-order valence-electron chi connectivity index (χ0n) is 14.1. The van der Waals surface area contributed by atoms with Gasteiger partial charge in [0.15, 0.2) is 5.58 Å².